The molecule has 1 heterocycles. The first kappa shape index (κ1) is 14.8. The molecule has 0 amide bonds. The van der Waals surface area contributed by atoms with Crippen LogP contribution in [-0.2, 0) is 14.8 Å². The first-order valence-electron chi connectivity index (χ1n) is 5.42. The van der Waals surface area contributed by atoms with Crippen LogP contribution >= 0.6 is 27.7 Å². The maximum absolute atomic E-state index is 12.6. The molecule has 0 aromatic heterocycles. The second kappa shape index (κ2) is 5.43. The lowest BCUT2D eigenvalue weighted by molar-refractivity contribution is -0.140. The molecule has 1 fully saturated rings. The number of benzene rings is 1. The number of carboxylic acids is 1. The maximum Gasteiger partial charge on any atom is 0.322 e. The highest BCUT2D eigenvalue weighted by Gasteiger charge is 2.40. The molecule has 0 radical (unpaired) electrons. The summed E-state index contributed by atoms with van der Waals surface area (Å²) in [4.78, 5) is 11.3. The van der Waals surface area contributed by atoms with E-state index in [-0.39, 0.29) is 16.5 Å². The summed E-state index contributed by atoms with van der Waals surface area (Å²) < 4.78 is 26.8. The van der Waals surface area contributed by atoms with Crippen LogP contribution in [0.5, 0.6) is 0 Å². The number of carboxylic acid groups (broad SMARTS) is 1. The van der Waals surface area contributed by atoms with Crippen molar-refractivity contribution in [3.8, 4) is 0 Å². The third-order valence-electron chi connectivity index (χ3n) is 2.86. The smallest absolute Gasteiger partial charge is 0.322 e. The van der Waals surface area contributed by atoms with Gasteiger partial charge in [0.2, 0.25) is 10.0 Å². The van der Waals surface area contributed by atoms with Gasteiger partial charge in [-0.1, -0.05) is 22.0 Å². The third-order valence-corrected chi connectivity index (χ3v) is 6.53. The van der Waals surface area contributed by atoms with Crippen LogP contribution in [0.15, 0.2) is 27.6 Å². The minimum atomic E-state index is -3.78. The fourth-order valence-electron chi connectivity index (χ4n) is 1.84. The average Bonchev–Trinajstić information content (AvgIpc) is 2.82. The van der Waals surface area contributed by atoms with Crippen LogP contribution in [-0.4, -0.2) is 41.5 Å². The molecule has 1 aromatic carbocycles. The zero-order valence-electron chi connectivity index (χ0n) is 10.0. The van der Waals surface area contributed by atoms with E-state index in [9.17, 15) is 13.2 Å². The zero-order chi connectivity index (χ0) is 14.2. The number of halogens is 1. The molecule has 1 N–H and O–H groups in total. The Morgan fingerprint density at radius 2 is 2.21 bits per heavy atom. The number of aryl methyl sites for hydroxylation is 1. The Kier molecular flexibility index (Phi) is 4.24. The highest BCUT2D eigenvalue weighted by Crippen LogP contribution is 2.31. The van der Waals surface area contributed by atoms with Gasteiger partial charge in [-0.3, -0.25) is 4.79 Å². The van der Waals surface area contributed by atoms with E-state index >= 15 is 0 Å². The second-order valence-corrected chi connectivity index (χ2v) is 7.93. The van der Waals surface area contributed by atoms with E-state index in [0.29, 0.717) is 10.0 Å². The Morgan fingerprint density at radius 1 is 1.53 bits per heavy atom. The van der Waals surface area contributed by atoms with E-state index in [1.54, 1.807) is 19.1 Å². The Labute approximate surface area is 124 Å². The number of sulfonamides is 1. The van der Waals surface area contributed by atoms with E-state index in [1.165, 1.54) is 17.8 Å². The zero-order valence-corrected chi connectivity index (χ0v) is 13.3. The highest BCUT2D eigenvalue weighted by molar-refractivity contribution is 9.10. The normalized spacial score (nSPS) is 20.6. The number of hydrogen-bond acceptors (Lipinski definition) is 4. The SMILES string of the molecule is Cc1ccc(Br)cc1S(=O)(=O)N1CSCC1C(=O)O. The van der Waals surface area contributed by atoms with Crippen LogP contribution in [0, 0.1) is 6.92 Å². The van der Waals surface area contributed by atoms with Gasteiger partial charge in [-0.05, 0) is 24.6 Å². The molecule has 0 aliphatic carbocycles. The quantitative estimate of drug-likeness (QED) is 0.885. The molecule has 1 atom stereocenters. The fourth-order valence-corrected chi connectivity index (χ4v) is 5.74. The topological polar surface area (TPSA) is 74.7 Å². The molecule has 0 bridgehead atoms. The number of carbonyl (C=O) groups is 1. The molecule has 0 saturated carbocycles. The molecule has 8 heteroatoms. The Bertz CT molecular complexity index is 617. The van der Waals surface area contributed by atoms with Crippen molar-refractivity contribution < 1.29 is 18.3 Å². The number of nitrogens with zero attached hydrogens (tertiary/aromatic N) is 1. The van der Waals surface area contributed by atoms with Crippen molar-refractivity contribution in [3.63, 3.8) is 0 Å². The minimum Gasteiger partial charge on any atom is -0.480 e. The minimum absolute atomic E-state index is 0.149. The van der Waals surface area contributed by atoms with Crippen LogP contribution in [0.25, 0.3) is 0 Å². The second-order valence-electron chi connectivity index (χ2n) is 4.16. The Hall–Kier alpha value is -0.570. The first-order chi connectivity index (χ1) is 8.84. The predicted octanol–water partition coefficient (Wildman–Crippen LogP) is 1.91. The van der Waals surface area contributed by atoms with E-state index in [0.717, 1.165) is 4.31 Å². The van der Waals surface area contributed by atoms with Gasteiger partial charge >= 0.3 is 5.97 Å². The first-order valence-corrected chi connectivity index (χ1v) is 8.81. The third kappa shape index (κ3) is 2.81. The molecule has 1 saturated heterocycles. The monoisotopic (exact) mass is 365 g/mol. The van der Waals surface area contributed by atoms with Crippen molar-refractivity contribution in [2.75, 3.05) is 11.6 Å². The largest absolute Gasteiger partial charge is 0.480 e. The average molecular weight is 366 g/mol. The maximum atomic E-state index is 12.6. The van der Waals surface area contributed by atoms with Gasteiger partial charge < -0.3 is 5.11 Å². The van der Waals surface area contributed by atoms with E-state index in [4.69, 9.17) is 5.11 Å². The van der Waals surface area contributed by atoms with Crippen molar-refractivity contribution in [3.05, 3.63) is 28.2 Å². The van der Waals surface area contributed by atoms with Crippen molar-refractivity contribution in [2.45, 2.75) is 17.9 Å². The summed E-state index contributed by atoms with van der Waals surface area (Å²) in [6.45, 7) is 1.69. The Balaban J connectivity index is 2.48. The molecular weight excluding hydrogens is 354 g/mol. The van der Waals surface area contributed by atoms with Crippen LogP contribution in [0.4, 0.5) is 0 Å². The molecule has 104 valence electrons. The number of aliphatic carboxylic acids is 1. The van der Waals surface area contributed by atoms with Crippen molar-refractivity contribution in [2.24, 2.45) is 0 Å². The van der Waals surface area contributed by atoms with E-state index < -0.39 is 22.0 Å². The number of rotatable bonds is 3. The predicted molar refractivity (Wildman–Crippen MR) is 76.7 cm³/mol. The van der Waals surface area contributed by atoms with Crippen molar-refractivity contribution in [1.82, 2.24) is 4.31 Å². The lowest BCUT2D eigenvalue weighted by atomic mass is 10.2. The lowest BCUT2D eigenvalue weighted by Crippen LogP contribution is -2.41. The van der Waals surface area contributed by atoms with Gasteiger partial charge in [-0.15, -0.1) is 11.8 Å². The summed E-state index contributed by atoms with van der Waals surface area (Å²) in [6.07, 6.45) is 0. The molecule has 1 unspecified atom stereocenters. The van der Waals surface area contributed by atoms with Gasteiger partial charge in [0.05, 0.1) is 10.8 Å². The van der Waals surface area contributed by atoms with Crippen molar-refractivity contribution >= 4 is 43.7 Å². The lowest BCUT2D eigenvalue weighted by Gasteiger charge is -2.21. The van der Waals surface area contributed by atoms with Crippen LogP contribution < -0.4 is 0 Å². The molecule has 1 aliphatic heterocycles. The molecule has 19 heavy (non-hydrogen) atoms. The van der Waals surface area contributed by atoms with Gasteiger partial charge in [0, 0.05) is 10.2 Å². The summed E-state index contributed by atoms with van der Waals surface area (Å²) >= 11 is 4.54. The summed E-state index contributed by atoms with van der Waals surface area (Å²) in [7, 11) is -3.78. The Morgan fingerprint density at radius 3 is 2.84 bits per heavy atom. The van der Waals surface area contributed by atoms with Gasteiger partial charge in [0.15, 0.2) is 0 Å². The van der Waals surface area contributed by atoms with Gasteiger partial charge in [-0.25, -0.2) is 8.42 Å². The van der Waals surface area contributed by atoms with Gasteiger partial charge in [-0.2, -0.15) is 4.31 Å². The number of hydrogen-bond donors (Lipinski definition) is 1. The summed E-state index contributed by atoms with van der Waals surface area (Å²) in [6, 6.07) is 3.96. The van der Waals surface area contributed by atoms with Crippen LogP contribution in [0.3, 0.4) is 0 Å². The molecule has 1 aromatic rings. The summed E-state index contributed by atoms with van der Waals surface area (Å²) in [5.41, 5.74) is 0.601. The molecule has 5 nitrogen and oxygen atoms in total. The molecule has 2 rings (SSSR count). The molecule has 0 spiro atoms. The van der Waals surface area contributed by atoms with Crippen LogP contribution in [0.1, 0.15) is 5.56 Å². The number of thioether (sulfide) groups is 1. The summed E-state index contributed by atoms with van der Waals surface area (Å²) in [5.74, 6) is -0.659. The fraction of sp³-hybridized carbons (Fsp3) is 0.364. The van der Waals surface area contributed by atoms with Crippen molar-refractivity contribution in [1.29, 1.82) is 0 Å². The molecular formula is C11H12BrNO4S2. The van der Waals surface area contributed by atoms with Gasteiger partial charge in [0.25, 0.3) is 0 Å². The highest BCUT2D eigenvalue weighted by atomic mass is 79.9. The standard InChI is InChI=1S/C11H12BrNO4S2/c1-7-2-3-8(12)4-10(7)19(16,17)13-6-18-5-9(13)11(14)15/h2-4,9H,5-6H2,1H3,(H,14,15). The summed E-state index contributed by atoms with van der Waals surface area (Å²) in [5, 5.41) is 9.09. The van der Waals surface area contributed by atoms with E-state index in [2.05, 4.69) is 15.9 Å². The van der Waals surface area contributed by atoms with E-state index in [1.807, 2.05) is 0 Å². The molecule has 1 aliphatic rings. The van der Waals surface area contributed by atoms with Gasteiger partial charge in [0.1, 0.15) is 6.04 Å². The van der Waals surface area contributed by atoms with Crippen LogP contribution in [0.2, 0.25) is 0 Å².